The lowest BCUT2D eigenvalue weighted by molar-refractivity contribution is 0.201. The van der Waals surface area contributed by atoms with Crippen molar-refractivity contribution in [2.45, 2.75) is 20.0 Å². The van der Waals surface area contributed by atoms with Crippen LogP contribution in [-0.4, -0.2) is 28.5 Å². The fraction of sp³-hybridized carbons (Fsp3) is 0.385. The molecule has 0 spiro atoms. The van der Waals surface area contributed by atoms with Gasteiger partial charge in [0.2, 0.25) is 0 Å². The van der Waals surface area contributed by atoms with Gasteiger partial charge in [-0.1, -0.05) is 12.1 Å². The van der Waals surface area contributed by atoms with Crippen LogP contribution in [0.1, 0.15) is 18.6 Å². The van der Waals surface area contributed by atoms with Crippen LogP contribution in [0.2, 0.25) is 0 Å². The number of hydrogen-bond donors (Lipinski definition) is 1. The first-order valence-electron chi connectivity index (χ1n) is 6.09. The standard InChI is InChI=1S/C13H16N2O4/c1-2-12-14-13(19-15-12)9-18-11-5-3-10(4-6-11)17-8-7-16/h3-6,16H,2,7-9H2,1H3. The van der Waals surface area contributed by atoms with E-state index in [9.17, 15) is 0 Å². The van der Waals surface area contributed by atoms with Crippen molar-refractivity contribution in [3.8, 4) is 11.5 Å². The molecule has 0 aliphatic rings. The summed E-state index contributed by atoms with van der Waals surface area (Å²) in [6.07, 6.45) is 0.737. The average molecular weight is 264 g/mol. The lowest BCUT2D eigenvalue weighted by atomic mass is 10.3. The van der Waals surface area contributed by atoms with Crippen LogP contribution in [0.3, 0.4) is 0 Å². The number of aliphatic hydroxyl groups is 1. The first kappa shape index (κ1) is 13.4. The fourth-order valence-corrected chi connectivity index (χ4v) is 1.43. The molecule has 0 atom stereocenters. The average Bonchev–Trinajstić information content (AvgIpc) is 2.92. The molecule has 19 heavy (non-hydrogen) atoms. The van der Waals surface area contributed by atoms with Gasteiger partial charge in [0, 0.05) is 6.42 Å². The van der Waals surface area contributed by atoms with Gasteiger partial charge in [0.1, 0.15) is 18.1 Å². The first-order chi connectivity index (χ1) is 9.31. The van der Waals surface area contributed by atoms with E-state index in [0.29, 0.717) is 23.2 Å². The number of aryl methyl sites for hydroxylation is 1. The zero-order chi connectivity index (χ0) is 13.5. The third-order valence-corrected chi connectivity index (χ3v) is 2.37. The van der Waals surface area contributed by atoms with Gasteiger partial charge in [-0.2, -0.15) is 4.98 Å². The summed E-state index contributed by atoms with van der Waals surface area (Å²) >= 11 is 0. The highest BCUT2D eigenvalue weighted by atomic mass is 16.5. The van der Waals surface area contributed by atoms with Crippen LogP contribution in [0.15, 0.2) is 28.8 Å². The van der Waals surface area contributed by atoms with E-state index in [1.807, 2.05) is 6.92 Å². The molecule has 0 radical (unpaired) electrons. The lowest BCUT2D eigenvalue weighted by Gasteiger charge is -2.06. The minimum atomic E-state index is -0.00479. The maximum absolute atomic E-state index is 8.64. The predicted octanol–water partition coefficient (Wildman–Crippen LogP) is 1.58. The molecule has 1 heterocycles. The van der Waals surface area contributed by atoms with Crippen molar-refractivity contribution in [3.63, 3.8) is 0 Å². The van der Waals surface area contributed by atoms with Crippen molar-refractivity contribution in [1.82, 2.24) is 10.1 Å². The molecule has 0 aliphatic heterocycles. The van der Waals surface area contributed by atoms with Gasteiger partial charge in [-0.15, -0.1) is 0 Å². The van der Waals surface area contributed by atoms with Crippen LogP contribution in [-0.2, 0) is 13.0 Å². The second kappa shape index (κ2) is 6.75. The van der Waals surface area contributed by atoms with Gasteiger partial charge < -0.3 is 19.1 Å². The van der Waals surface area contributed by atoms with Crippen LogP contribution in [0.25, 0.3) is 0 Å². The molecule has 1 aromatic carbocycles. The molecule has 0 saturated carbocycles. The molecule has 6 heteroatoms. The number of aliphatic hydroxyl groups excluding tert-OH is 1. The molecule has 102 valence electrons. The third-order valence-electron chi connectivity index (χ3n) is 2.37. The lowest BCUT2D eigenvalue weighted by Crippen LogP contribution is -2.01. The van der Waals surface area contributed by atoms with E-state index in [-0.39, 0.29) is 19.8 Å². The topological polar surface area (TPSA) is 77.6 Å². The minimum Gasteiger partial charge on any atom is -0.491 e. The van der Waals surface area contributed by atoms with Gasteiger partial charge in [-0.05, 0) is 24.3 Å². The van der Waals surface area contributed by atoms with Gasteiger partial charge in [-0.3, -0.25) is 0 Å². The summed E-state index contributed by atoms with van der Waals surface area (Å²) in [4.78, 5) is 4.15. The molecular weight excluding hydrogens is 248 g/mol. The SMILES string of the molecule is CCc1noc(COc2ccc(OCCO)cc2)n1. The van der Waals surface area contributed by atoms with Crippen molar-refractivity contribution >= 4 is 0 Å². The molecule has 1 N–H and O–H groups in total. The summed E-state index contributed by atoms with van der Waals surface area (Å²) in [6, 6.07) is 7.11. The van der Waals surface area contributed by atoms with E-state index in [4.69, 9.17) is 19.1 Å². The number of aromatic nitrogens is 2. The normalized spacial score (nSPS) is 10.4. The van der Waals surface area contributed by atoms with Gasteiger partial charge in [-0.25, -0.2) is 0 Å². The molecule has 0 amide bonds. The van der Waals surface area contributed by atoms with Crippen LogP contribution >= 0.6 is 0 Å². The Kier molecular flexibility index (Phi) is 4.74. The quantitative estimate of drug-likeness (QED) is 0.818. The summed E-state index contributed by atoms with van der Waals surface area (Å²) in [5.41, 5.74) is 0. The highest BCUT2D eigenvalue weighted by Crippen LogP contribution is 2.18. The van der Waals surface area contributed by atoms with Crippen LogP contribution < -0.4 is 9.47 Å². The highest BCUT2D eigenvalue weighted by molar-refractivity contribution is 5.31. The van der Waals surface area contributed by atoms with E-state index in [0.717, 1.165) is 6.42 Å². The summed E-state index contributed by atoms with van der Waals surface area (Å²) in [6.45, 7) is 2.47. The predicted molar refractivity (Wildman–Crippen MR) is 67.0 cm³/mol. The Bertz CT molecular complexity index is 496. The van der Waals surface area contributed by atoms with E-state index in [1.54, 1.807) is 24.3 Å². The molecule has 6 nitrogen and oxygen atoms in total. The Balaban J connectivity index is 1.85. The zero-order valence-electron chi connectivity index (χ0n) is 10.7. The zero-order valence-corrected chi connectivity index (χ0v) is 10.7. The Morgan fingerprint density at radius 3 is 2.42 bits per heavy atom. The van der Waals surface area contributed by atoms with Crippen molar-refractivity contribution in [2.75, 3.05) is 13.2 Å². The van der Waals surface area contributed by atoms with Gasteiger partial charge >= 0.3 is 0 Å². The molecule has 2 aromatic rings. The Hall–Kier alpha value is -2.08. The summed E-state index contributed by atoms with van der Waals surface area (Å²) in [5, 5.41) is 12.4. The second-order valence-electron chi connectivity index (χ2n) is 3.79. The number of nitrogens with zero attached hydrogens (tertiary/aromatic N) is 2. The number of rotatable bonds is 7. The first-order valence-corrected chi connectivity index (χ1v) is 6.09. The molecule has 0 aliphatic carbocycles. The van der Waals surface area contributed by atoms with Gasteiger partial charge in [0.15, 0.2) is 12.4 Å². The number of hydrogen-bond acceptors (Lipinski definition) is 6. The monoisotopic (exact) mass is 264 g/mol. The molecule has 0 unspecified atom stereocenters. The van der Waals surface area contributed by atoms with E-state index in [1.165, 1.54) is 0 Å². The van der Waals surface area contributed by atoms with Crippen molar-refractivity contribution in [1.29, 1.82) is 0 Å². The smallest absolute Gasteiger partial charge is 0.264 e. The van der Waals surface area contributed by atoms with E-state index in [2.05, 4.69) is 10.1 Å². The summed E-state index contributed by atoms with van der Waals surface area (Å²) < 4.78 is 15.8. The largest absolute Gasteiger partial charge is 0.491 e. The maximum atomic E-state index is 8.64. The Morgan fingerprint density at radius 1 is 1.16 bits per heavy atom. The molecule has 0 fully saturated rings. The van der Waals surface area contributed by atoms with Crippen LogP contribution in [0.4, 0.5) is 0 Å². The molecule has 0 saturated heterocycles. The Morgan fingerprint density at radius 2 is 1.84 bits per heavy atom. The third kappa shape index (κ3) is 3.96. The Labute approximate surface area is 111 Å². The molecular formula is C13H16N2O4. The second-order valence-corrected chi connectivity index (χ2v) is 3.79. The minimum absolute atomic E-state index is 0.00479. The molecule has 0 bridgehead atoms. The van der Waals surface area contributed by atoms with E-state index >= 15 is 0 Å². The van der Waals surface area contributed by atoms with Crippen molar-refractivity contribution < 1.29 is 19.1 Å². The fourth-order valence-electron chi connectivity index (χ4n) is 1.43. The van der Waals surface area contributed by atoms with Crippen molar-refractivity contribution in [2.24, 2.45) is 0 Å². The van der Waals surface area contributed by atoms with Gasteiger partial charge in [0.25, 0.3) is 5.89 Å². The van der Waals surface area contributed by atoms with Gasteiger partial charge in [0.05, 0.1) is 6.61 Å². The van der Waals surface area contributed by atoms with Crippen molar-refractivity contribution in [3.05, 3.63) is 36.0 Å². The maximum Gasteiger partial charge on any atom is 0.264 e. The van der Waals surface area contributed by atoms with E-state index < -0.39 is 0 Å². The highest BCUT2D eigenvalue weighted by Gasteiger charge is 2.05. The summed E-state index contributed by atoms with van der Waals surface area (Å²) in [7, 11) is 0. The van der Waals surface area contributed by atoms with Crippen LogP contribution in [0, 0.1) is 0 Å². The number of ether oxygens (including phenoxy) is 2. The molecule has 2 rings (SSSR count). The molecule has 1 aromatic heterocycles. The summed E-state index contributed by atoms with van der Waals surface area (Å²) in [5.74, 6) is 2.50. The number of benzene rings is 1. The van der Waals surface area contributed by atoms with Crippen LogP contribution in [0.5, 0.6) is 11.5 Å².